The van der Waals surface area contributed by atoms with Crippen LogP contribution < -0.4 is 33.2 Å². The third kappa shape index (κ3) is 10.2. The van der Waals surface area contributed by atoms with E-state index in [1.807, 2.05) is 0 Å². The van der Waals surface area contributed by atoms with Crippen LogP contribution in [0.3, 0.4) is 0 Å². The van der Waals surface area contributed by atoms with Crippen molar-refractivity contribution in [1.29, 1.82) is 0 Å². The number of carboxylic acids is 1. The fraction of sp³-hybridized carbons (Fsp3) is 0.526. The summed E-state index contributed by atoms with van der Waals surface area (Å²) in [5.41, 5.74) is 16.1. The first-order valence-corrected chi connectivity index (χ1v) is 10.4. The van der Waals surface area contributed by atoms with E-state index in [0.29, 0.717) is 5.69 Å². The first-order chi connectivity index (χ1) is 16.3. The van der Waals surface area contributed by atoms with Gasteiger partial charge in [-0.2, -0.15) is 0 Å². The molecule has 1 rings (SSSR count). The van der Waals surface area contributed by atoms with Crippen molar-refractivity contribution in [1.82, 2.24) is 25.9 Å². The van der Waals surface area contributed by atoms with Crippen LogP contribution in [0.25, 0.3) is 0 Å². The molecule has 1 heterocycles. The van der Waals surface area contributed by atoms with Gasteiger partial charge in [-0.25, -0.2) is 9.78 Å². The molecule has 5 amide bonds. The maximum atomic E-state index is 12.9. The average molecular weight is 498 g/mol. The van der Waals surface area contributed by atoms with Gasteiger partial charge < -0.3 is 48.3 Å². The number of amides is 5. The van der Waals surface area contributed by atoms with E-state index in [9.17, 15) is 39.0 Å². The number of rotatable bonds is 15. The van der Waals surface area contributed by atoms with Gasteiger partial charge in [-0.3, -0.25) is 24.0 Å². The van der Waals surface area contributed by atoms with Crippen LogP contribution in [-0.2, 0) is 35.2 Å². The van der Waals surface area contributed by atoms with Crippen LogP contribution in [0.1, 0.15) is 31.9 Å². The van der Waals surface area contributed by atoms with Crippen molar-refractivity contribution in [3.63, 3.8) is 0 Å². The molecule has 1 aromatic rings. The van der Waals surface area contributed by atoms with Crippen molar-refractivity contribution >= 4 is 35.5 Å². The molecule has 16 heteroatoms. The third-order valence-electron chi connectivity index (χ3n) is 4.77. The molecule has 5 atom stereocenters. The Bertz CT molecular complexity index is 920. The van der Waals surface area contributed by atoms with Crippen molar-refractivity contribution in [2.45, 2.75) is 62.9 Å². The summed E-state index contributed by atoms with van der Waals surface area (Å²) < 4.78 is 0. The van der Waals surface area contributed by atoms with Crippen molar-refractivity contribution in [2.24, 2.45) is 17.2 Å². The quantitative estimate of drug-likeness (QED) is 0.111. The van der Waals surface area contributed by atoms with Gasteiger partial charge in [0, 0.05) is 24.7 Å². The number of imidazole rings is 1. The van der Waals surface area contributed by atoms with E-state index in [1.54, 1.807) is 0 Å². The summed E-state index contributed by atoms with van der Waals surface area (Å²) in [5, 5.41) is 25.6. The predicted molar refractivity (Wildman–Crippen MR) is 118 cm³/mol. The SMILES string of the molecule is CC(O)C(N)C(=O)NC(CC(N)=O)C(=O)NC(Cc1cnc[nH]1)C(=O)NC(CCC(N)=O)C(=O)O. The van der Waals surface area contributed by atoms with Gasteiger partial charge in [0.15, 0.2) is 0 Å². The zero-order valence-corrected chi connectivity index (χ0v) is 18.9. The summed E-state index contributed by atoms with van der Waals surface area (Å²) in [7, 11) is 0. The summed E-state index contributed by atoms with van der Waals surface area (Å²) in [5.74, 6) is -6.05. The molecule has 0 bridgehead atoms. The number of carboxylic acid groups (broad SMARTS) is 1. The Morgan fingerprint density at radius 2 is 1.54 bits per heavy atom. The lowest BCUT2D eigenvalue weighted by atomic mass is 10.1. The molecule has 35 heavy (non-hydrogen) atoms. The molecule has 0 aromatic carbocycles. The molecule has 16 nitrogen and oxygen atoms in total. The number of nitrogens with one attached hydrogen (secondary N) is 4. The molecule has 0 saturated carbocycles. The molecule has 1 aromatic heterocycles. The molecule has 12 N–H and O–H groups in total. The van der Waals surface area contributed by atoms with Gasteiger partial charge in [-0.05, 0) is 13.3 Å². The molecule has 5 unspecified atom stereocenters. The lowest BCUT2D eigenvalue weighted by molar-refractivity contribution is -0.142. The smallest absolute Gasteiger partial charge is 0.326 e. The van der Waals surface area contributed by atoms with Crippen LogP contribution >= 0.6 is 0 Å². The van der Waals surface area contributed by atoms with Gasteiger partial charge in [0.05, 0.1) is 18.9 Å². The first kappa shape index (κ1) is 29.0. The minimum absolute atomic E-state index is 0.176. The van der Waals surface area contributed by atoms with E-state index >= 15 is 0 Å². The number of nitrogens with zero attached hydrogens (tertiary/aromatic N) is 1. The van der Waals surface area contributed by atoms with E-state index < -0.39 is 72.2 Å². The van der Waals surface area contributed by atoms with Crippen LogP contribution in [-0.4, -0.2) is 86.0 Å². The first-order valence-electron chi connectivity index (χ1n) is 10.4. The number of aromatic nitrogens is 2. The van der Waals surface area contributed by atoms with Gasteiger partial charge in [-0.15, -0.1) is 0 Å². The molecular formula is C19H30N8O8. The fourth-order valence-corrected chi connectivity index (χ4v) is 2.81. The number of hydrogen-bond donors (Lipinski definition) is 9. The van der Waals surface area contributed by atoms with Crippen LogP contribution in [0, 0.1) is 0 Å². The highest BCUT2D eigenvalue weighted by molar-refractivity contribution is 5.96. The minimum Gasteiger partial charge on any atom is -0.480 e. The maximum Gasteiger partial charge on any atom is 0.326 e. The Morgan fingerprint density at radius 3 is 2.03 bits per heavy atom. The number of nitrogens with two attached hydrogens (primary N) is 3. The van der Waals surface area contributed by atoms with Crippen molar-refractivity contribution in [3.8, 4) is 0 Å². The Labute approximate surface area is 199 Å². The molecule has 0 aliphatic rings. The van der Waals surface area contributed by atoms with Crippen molar-refractivity contribution < 1.29 is 39.0 Å². The number of carbonyl (C=O) groups excluding carboxylic acids is 5. The summed E-state index contributed by atoms with van der Waals surface area (Å²) in [4.78, 5) is 78.3. The number of aromatic amines is 1. The zero-order valence-electron chi connectivity index (χ0n) is 18.9. The lowest BCUT2D eigenvalue weighted by Crippen LogP contribution is -2.59. The van der Waals surface area contributed by atoms with Gasteiger partial charge in [0.2, 0.25) is 29.5 Å². The normalized spacial score (nSPS) is 15.1. The van der Waals surface area contributed by atoms with E-state index in [0.717, 1.165) is 0 Å². The van der Waals surface area contributed by atoms with E-state index in [1.165, 1.54) is 19.4 Å². The highest BCUT2D eigenvalue weighted by Crippen LogP contribution is 2.05. The van der Waals surface area contributed by atoms with Crippen LogP contribution in [0.2, 0.25) is 0 Å². The number of primary amides is 2. The van der Waals surface area contributed by atoms with E-state index in [2.05, 4.69) is 25.9 Å². The monoisotopic (exact) mass is 498 g/mol. The van der Waals surface area contributed by atoms with Crippen LogP contribution in [0.4, 0.5) is 0 Å². The predicted octanol–water partition coefficient (Wildman–Crippen LogP) is -4.66. The summed E-state index contributed by atoms with van der Waals surface area (Å²) in [6, 6.07) is -5.84. The number of H-pyrrole nitrogens is 1. The topological polar surface area (TPSA) is 286 Å². The highest BCUT2D eigenvalue weighted by atomic mass is 16.4. The number of hydrogen-bond acceptors (Lipinski definition) is 9. The molecule has 0 fully saturated rings. The van der Waals surface area contributed by atoms with Crippen molar-refractivity contribution in [2.75, 3.05) is 0 Å². The molecule has 0 aliphatic carbocycles. The summed E-state index contributed by atoms with van der Waals surface area (Å²) >= 11 is 0. The number of aliphatic carboxylic acids is 1. The third-order valence-corrected chi connectivity index (χ3v) is 4.77. The minimum atomic E-state index is -1.55. The standard InChI is InChI=1S/C19H30N8O8/c1-8(28)15(22)18(33)27-12(5-14(21)30)17(32)26-11(4-9-6-23-7-24-9)16(31)25-10(19(34)35)2-3-13(20)29/h6-8,10-12,15,28H,2-5,22H2,1H3,(H2,20,29)(H2,21,30)(H,23,24)(H,25,31)(H,26,32)(H,27,33)(H,34,35). The second-order valence-corrected chi connectivity index (χ2v) is 7.74. The molecular weight excluding hydrogens is 468 g/mol. The molecule has 194 valence electrons. The lowest BCUT2D eigenvalue weighted by Gasteiger charge is -2.25. The van der Waals surface area contributed by atoms with E-state index in [-0.39, 0.29) is 19.3 Å². The summed E-state index contributed by atoms with van der Waals surface area (Å²) in [6.45, 7) is 1.25. The zero-order chi connectivity index (χ0) is 26.7. The second kappa shape index (κ2) is 13.6. The fourth-order valence-electron chi connectivity index (χ4n) is 2.81. The van der Waals surface area contributed by atoms with Crippen molar-refractivity contribution in [3.05, 3.63) is 18.2 Å². The van der Waals surface area contributed by atoms with Gasteiger partial charge >= 0.3 is 5.97 Å². The Balaban J connectivity index is 3.08. The van der Waals surface area contributed by atoms with Gasteiger partial charge in [-0.1, -0.05) is 0 Å². The molecule has 0 saturated heterocycles. The van der Waals surface area contributed by atoms with E-state index in [4.69, 9.17) is 17.2 Å². The van der Waals surface area contributed by atoms with Gasteiger partial charge in [0.1, 0.15) is 24.2 Å². The second-order valence-electron chi connectivity index (χ2n) is 7.74. The Hall–Kier alpha value is -4.05. The number of aliphatic hydroxyl groups is 1. The van der Waals surface area contributed by atoms with Crippen LogP contribution in [0.5, 0.6) is 0 Å². The largest absolute Gasteiger partial charge is 0.480 e. The average Bonchev–Trinajstić information content (AvgIpc) is 3.27. The highest BCUT2D eigenvalue weighted by Gasteiger charge is 2.32. The van der Waals surface area contributed by atoms with Crippen LogP contribution in [0.15, 0.2) is 12.5 Å². The number of carbonyl (C=O) groups is 6. The molecule has 0 aliphatic heterocycles. The number of aliphatic hydroxyl groups excluding tert-OH is 1. The maximum absolute atomic E-state index is 12.9. The summed E-state index contributed by atoms with van der Waals surface area (Å²) in [6.07, 6.45) is -0.0302. The Morgan fingerprint density at radius 1 is 0.971 bits per heavy atom. The van der Waals surface area contributed by atoms with Gasteiger partial charge in [0.25, 0.3) is 0 Å². The molecule has 0 radical (unpaired) electrons. The Kier molecular flexibility index (Phi) is 11.3. The molecule has 0 spiro atoms.